The Kier molecular flexibility index (Phi) is 4.13. The summed E-state index contributed by atoms with van der Waals surface area (Å²) in [7, 11) is -3.71. The van der Waals surface area contributed by atoms with E-state index in [1.165, 1.54) is 36.5 Å². The van der Waals surface area contributed by atoms with E-state index in [0.717, 1.165) is 17.5 Å². The lowest BCUT2D eigenvalue weighted by Crippen LogP contribution is -2.04. The summed E-state index contributed by atoms with van der Waals surface area (Å²) >= 11 is 0. The van der Waals surface area contributed by atoms with Crippen LogP contribution in [0.5, 0.6) is 0 Å². The molecule has 1 aromatic carbocycles. The minimum Gasteiger partial charge on any atom is -0.244 e. The van der Waals surface area contributed by atoms with Crippen LogP contribution in [0.25, 0.3) is 6.08 Å². The van der Waals surface area contributed by atoms with E-state index in [0.29, 0.717) is 5.56 Å². The summed E-state index contributed by atoms with van der Waals surface area (Å²) in [5.41, 5.74) is -0.435. The van der Waals surface area contributed by atoms with E-state index in [2.05, 4.69) is 4.98 Å². The Labute approximate surface area is 119 Å². The molecule has 0 bridgehead atoms. The van der Waals surface area contributed by atoms with Crippen LogP contribution >= 0.6 is 0 Å². The lowest BCUT2D eigenvalue weighted by atomic mass is 10.1. The molecule has 3 nitrogen and oxygen atoms in total. The summed E-state index contributed by atoms with van der Waals surface area (Å²) in [6.07, 6.45) is -1.84. The predicted octanol–water partition coefficient (Wildman–Crippen LogP) is 3.55. The molecule has 0 unspecified atom stereocenters. The number of rotatable bonds is 3. The smallest absolute Gasteiger partial charge is 0.244 e. The van der Waals surface area contributed by atoms with E-state index >= 15 is 0 Å². The van der Waals surface area contributed by atoms with Crippen LogP contribution in [0, 0.1) is 0 Å². The first-order valence-corrected chi connectivity index (χ1v) is 7.35. The lowest BCUT2D eigenvalue weighted by Gasteiger charge is -2.05. The highest BCUT2D eigenvalue weighted by Crippen LogP contribution is 2.29. The normalized spacial score (nSPS) is 12.7. The molecule has 0 radical (unpaired) electrons. The summed E-state index contributed by atoms with van der Waals surface area (Å²) < 4.78 is 61.0. The summed E-state index contributed by atoms with van der Waals surface area (Å²) in [5, 5.41) is 0.797. The number of pyridine rings is 1. The molecular weight excluding hydrogens is 303 g/mol. The van der Waals surface area contributed by atoms with Crippen LogP contribution in [0.2, 0.25) is 0 Å². The zero-order chi connectivity index (χ0) is 15.5. The molecule has 0 spiro atoms. The fourth-order valence-electron chi connectivity index (χ4n) is 1.54. The molecule has 0 aliphatic rings. The average molecular weight is 313 g/mol. The number of alkyl halides is 3. The van der Waals surface area contributed by atoms with Gasteiger partial charge in [0.2, 0.25) is 9.84 Å². The van der Waals surface area contributed by atoms with Crippen molar-refractivity contribution in [1.29, 1.82) is 0 Å². The highest BCUT2D eigenvalue weighted by molar-refractivity contribution is 7.94. The van der Waals surface area contributed by atoms with Gasteiger partial charge in [0.1, 0.15) is 0 Å². The highest BCUT2D eigenvalue weighted by Gasteiger charge is 2.29. The van der Waals surface area contributed by atoms with Crippen molar-refractivity contribution in [3.8, 4) is 0 Å². The molecule has 2 rings (SSSR count). The molecule has 21 heavy (non-hydrogen) atoms. The Morgan fingerprint density at radius 3 is 2.19 bits per heavy atom. The Morgan fingerprint density at radius 2 is 1.67 bits per heavy atom. The van der Waals surface area contributed by atoms with Gasteiger partial charge in [-0.3, -0.25) is 0 Å². The van der Waals surface area contributed by atoms with Crippen LogP contribution in [0.4, 0.5) is 13.2 Å². The van der Waals surface area contributed by atoms with Crippen LogP contribution in [-0.2, 0) is 16.0 Å². The second-order valence-corrected chi connectivity index (χ2v) is 5.92. The van der Waals surface area contributed by atoms with Crippen molar-refractivity contribution in [3.05, 3.63) is 65.2 Å². The molecule has 0 atom stereocenters. The molecule has 7 heteroatoms. The van der Waals surface area contributed by atoms with Crippen LogP contribution in [0.3, 0.4) is 0 Å². The number of halogens is 3. The van der Waals surface area contributed by atoms with E-state index in [1.54, 1.807) is 6.07 Å². The van der Waals surface area contributed by atoms with Crippen molar-refractivity contribution in [2.45, 2.75) is 11.2 Å². The van der Waals surface area contributed by atoms with Crippen LogP contribution < -0.4 is 0 Å². The molecular formula is C14H10F3NO2S. The van der Waals surface area contributed by atoms with Crippen molar-refractivity contribution in [3.63, 3.8) is 0 Å². The van der Waals surface area contributed by atoms with Gasteiger partial charge in [-0.25, -0.2) is 13.4 Å². The quantitative estimate of drug-likeness (QED) is 0.870. The van der Waals surface area contributed by atoms with Gasteiger partial charge in [-0.15, -0.1) is 0 Å². The van der Waals surface area contributed by atoms with Gasteiger partial charge >= 0.3 is 6.18 Å². The first kappa shape index (κ1) is 15.2. The predicted molar refractivity (Wildman–Crippen MR) is 71.9 cm³/mol. The Morgan fingerprint density at radius 1 is 1.00 bits per heavy atom. The zero-order valence-electron chi connectivity index (χ0n) is 10.6. The van der Waals surface area contributed by atoms with E-state index in [9.17, 15) is 21.6 Å². The first-order chi connectivity index (χ1) is 9.79. The monoisotopic (exact) mass is 313 g/mol. The van der Waals surface area contributed by atoms with Gasteiger partial charge < -0.3 is 0 Å². The largest absolute Gasteiger partial charge is 0.416 e. The van der Waals surface area contributed by atoms with Crippen molar-refractivity contribution < 1.29 is 21.6 Å². The van der Waals surface area contributed by atoms with Crippen LogP contribution in [-0.4, -0.2) is 13.4 Å². The number of nitrogens with zero attached hydrogens (tertiary/aromatic N) is 1. The topological polar surface area (TPSA) is 47.0 Å². The summed E-state index contributed by atoms with van der Waals surface area (Å²) in [5.74, 6) is 0. The molecule has 0 N–H and O–H groups in total. The van der Waals surface area contributed by atoms with Gasteiger partial charge in [0.15, 0.2) is 5.03 Å². The van der Waals surface area contributed by atoms with Gasteiger partial charge in [-0.1, -0.05) is 18.2 Å². The molecule has 0 aliphatic carbocycles. The van der Waals surface area contributed by atoms with E-state index < -0.39 is 21.6 Å². The van der Waals surface area contributed by atoms with Gasteiger partial charge in [-0.05, 0) is 35.9 Å². The van der Waals surface area contributed by atoms with Crippen LogP contribution in [0.1, 0.15) is 11.1 Å². The summed E-state index contributed by atoms with van der Waals surface area (Å²) in [6, 6.07) is 8.65. The van der Waals surface area contributed by atoms with Gasteiger partial charge in [-0.2, -0.15) is 13.2 Å². The Hall–Kier alpha value is -2.15. The second kappa shape index (κ2) is 5.69. The fraction of sp³-hybridized carbons (Fsp3) is 0.0714. The van der Waals surface area contributed by atoms with E-state index in [1.807, 2.05) is 0 Å². The van der Waals surface area contributed by atoms with E-state index in [-0.39, 0.29) is 5.03 Å². The third kappa shape index (κ3) is 3.91. The minimum atomic E-state index is -4.41. The third-order valence-electron chi connectivity index (χ3n) is 2.61. The molecule has 110 valence electrons. The summed E-state index contributed by atoms with van der Waals surface area (Å²) in [4.78, 5) is 3.72. The summed E-state index contributed by atoms with van der Waals surface area (Å²) in [6.45, 7) is 0. The third-order valence-corrected chi connectivity index (χ3v) is 3.93. The maximum Gasteiger partial charge on any atom is 0.416 e. The van der Waals surface area contributed by atoms with Crippen molar-refractivity contribution in [2.24, 2.45) is 0 Å². The van der Waals surface area contributed by atoms with Crippen LogP contribution in [0.15, 0.2) is 59.1 Å². The van der Waals surface area contributed by atoms with Gasteiger partial charge in [0, 0.05) is 11.6 Å². The van der Waals surface area contributed by atoms with E-state index in [4.69, 9.17) is 0 Å². The molecule has 0 saturated carbocycles. The molecule has 0 fully saturated rings. The SMILES string of the molecule is O=S(=O)(/C=C/c1ccc(C(F)(F)F)cc1)c1ccccn1. The van der Waals surface area contributed by atoms with Crippen molar-refractivity contribution >= 4 is 15.9 Å². The minimum absolute atomic E-state index is 0.117. The lowest BCUT2D eigenvalue weighted by molar-refractivity contribution is -0.137. The standard InChI is InChI=1S/C14H10F3NO2S/c15-14(16,17)12-6-4-11(5-7-12)8-10-21(19,20)13-3-1-2-9-18-13/h1-10H/b10-8+. The molecule has 0 aliphatic heterocycles. The molecule has 1 aromatic heterocycles. The molecule has 1 heterocycles. The number of aromatic nitrogens is 1. The second-order valence-electron chi connectivity index (χ2n) is 4.14. The Balaban J connectivity index is 2.22. The molecule has 0 saturated heterocycles. The maximum atomic E-state index is 12.4. The highest BCUT2D eigenvalue weighted by atomic mass is 32.2. The maximum absolute atomic E-state index is 12.4. The fourth-order valence-corrected chi connectivity index (χ4v) is 2.49. The van der Waals surface area contributed by atoms with Gasteiger partial charge in [0.05, 0.1) is 5.56 Å². The Bertz CT molecular complexity index is 736. The molecule has 2 aromatic rings. The van der Waals surface area contributed by atoms with Gasteiger partial charge in [0.25, 0.3) is 0 Å². The number of benzene rings is 1. The first-order valence-electron chi connectivity index (χ1n) is 5.80. The van der Waals surface area contributed by atoms with Crippen molar-refractivity contribution in [2.75, 3.05) is 0 Å². The number of sulfone groups is 1. The number of hydrogen-bond acceptors (Lipinski definition) is 3. The molecule has 0 amide bonds. The zero-order valence-corrected chi connectivity index (χ0v) is 11.4. The number of hydrogen-bond donors (Lipinski definition) is 0. The van der Waals surface area contributed by atoms with Crippen molar-refractivity contribution in [1.82, 2.24) is 4.98 Å². The average Bonchev–Trinajstić information content (AvgIpc) is 2.46.